The van der Waals surface area contributed by atoms with Crippen LogP contribution < -0.4 is 0 Å². The Bertz CT molecular complexity index is 593. The van der Waals surface area contributed by atoms with Crippen molar-refractivity contribution >= 4 is 45.2 Å². The highest BCUT2D eigenvalue weighted by atomic mass is 35.5. The summed E-state index contributed by atoms with van der Waals surface area (Å²) in [7, 11) is -4.33. The maximum Gasteiger partial charge on any atom is 0.379 e. The molecule has 2 aromatic rings. The van der Waals surface area contributed by atoms with Crippen molar-refractivity contribution in [3.8, 4) is 0 Å². The Balaban J connectivity index is 0.00000112. The van der Waals surface area contributed by atoms with Crippen LogP contribution in [0, 0.1) is 0 Å². The molecule has 0 unspecified atom stereocenters. The van der Waals surface area contributed by atoms with Crippen LogP contribution in [0.15, 0.2) is 24.4 Å². The minimum atomic E-state index is -4.33. The lowest BCUT2D eigenvalue weighted by Gasteiger charge is -1.91. The van der Waals surface area contributed by atoms with Crippen molar-refractivity contribution in [1.82, 2.24) is 9.19 Å². The Kier molecular flexibility index (Phi) is 3.25. The summed E-state index contributed by atoms with van der Waals surface area (Å²) in [6.07, 6.45) is 1.16. The first-order valence-electron chi connectivity index (χ1n) is 3.60. The quantitative estimate of drug-likeness (QED) is 0.801. The van der Waals surface area contributed by atoms with Crippen molar-refractivity contribution in [2.24, 2.45) is 0 Å². The molecule has 0 radical (unpaired) electrons. The Morgan fingerprint density at radius 1 is 1.40 bits per heavy atom. The third kappa shape index (κ3) is 2.23. The van der Waals surface area contributed by atoms with E-state index >= 15 is 0 Å². The highest BCUT2D eigenvalue weighted by Crippen LogP contribution is 2.22. The standard InChI is InChI=1S/C7H5ClN2O3S.ClH/c8-6-2-1-3-7-5(6)4-10(9-7)14(11,12)13;/h1-4H,(H,11,12,13);1H. The van der Waals surface area contributed by atoms with Gasteiger partial charge in [0.15, 0.2) is 0 Å². The number of rotatable bonds is 1. The van der Waals surface area contributed by atoms with E-state index in [2.05, 4.69) is 5.10 Å². The normalized spacial score (nSPS) is 11.3. The average molecular weight is 269 g/mol. The van der Waals surface area contributed by atoms with Crippen LogP contribution in [0.1, 0.15) is 0 Å². The number of nitrogens with zero attached hydrogens (tertiary/aromatic N) is 2. The molecule has 0 saturated heterocycles. The molecule has 0 aliphatic heterocycles. The van der Waals surface area contributed by atoms with Gasteiger partial charge in [0.1, 0.15) is 0 Å². The van der Waals surface area contributed by atoms with Gasteiger partial charge in [-0.1, -0.05) is 17.7 Å². The van der Waals surface area contributed by atoms with Gasteiger partial charge in [0.25, 0.3) is 0 Å². The fraction of sp³-hybridized carbons (Fsp3) is 0. The number of aromatic nitrogens is 2. The van der Waals surface area contributed by atoms with Crippen LogP contribution in [0.5, 0.6) is 0 Å². The Hall–Kier alpha value is -0.820. The second-order valence-electron chi connectivity index (χ2n) is 2.65. The summed E-state index contributed by atoms with van der Waals surface area (Å²) in [6.45, 7) is 0. The van der Waals surface area contributed by atoms with Crippen LogP contribution >= 0.6 is 24.0 Å². The van der Waals surface area contributed by atoms with Crippen LogP contribution in [0.3, 0.4) is 0 Å². The highest BCUT2D eigenvalue weighted by molar-refractivity contribution is 7.84. The predicted octanol–water partition coefficient (Wildman–Crippen LogP) is 1.76. The monoisotopic (exact) mass is 268 g/mol. The Morgan fingerprint density at radius 2 is 2.07 bits per heavy atom. The summed E-state index contributed by atoms with van der Waals surface area (Å²) >= 11 is 5.79. The molecular formula is C7H6Cl2N2O3S. The molecule has 0 saturated carbocycles. The van der Waals surface area contributed by atoms with Crippen LogP contribution in [-0.4, -0.2) is 22.2 Å². The zero-order chi connectivity index (χ0) is 10.3. The molecule has 0 amide bonds. The molecule has 0 bridgehead atoms. The zero-order valence-corrected chi connectivity index (χ0v) is 9.55. The predicted molar refractivity (Wildman–Crippen MR) is 58.9 cm³/mol. The van der Waals surface area contributed by atoms with Crippen molar-refractivity contribution in [3.63, 3.8) is 0 Å². The molecule has 0 spiro atoms. The van der Waals surface area contributed by atoms with E-state index in [1.165, 1.54) is 0 Å². The summed E-state index contributed by atoms with van der Waals surface area (Å²) < 4.78 is 30.6. The van der Waals surface area contributed by atoms with Gasteiger partial charge in [-0.15, -0.1) is 16.5 Å². The number of benzene rings is 1. The van der Waals surface area contributed by atoms with Gasteiger partial charge in [0.05, 0.1) is 16.7 Å². The van der Waals surface area contributed by atoms with Gasteiger partial charge in [-0.2, -0.15) is 13.5 Å². The minimum Gasteiger partial charge on any atom is -0.268 e. The van der Waals surface area contributed by atoms with Crippen molar-refractivity contribution in [3.05, 3.63) is 29.4 Å². The molecule has 2 rings (SSSR count). The summed E-state index contributed by atoms with van der Waals surface area (Å²) in [5.74, 6) is 0. The topological polar surface area (TPSA) is 72.2 Å². The smallest absolute Gasteiger partial charge is 0.268 e. The third-order valence-electron chi connectivity index (χ3n) is 1.71. The van der Waals surface area contributed by atoms with Crippen molar-refractivity contribution in [1.29, 1.82) is 0 Å². The SMILES string of the molecule is Cl.O=S(=O)(O)n1cc2c(Cl)cccc2n1. The molecule has 0 aliphatic carbocycles. The van der Waals surface area contributed by atoms with Gasteiger partial charge in [-0.25, -0.2) is 0 Å². The molecular weight excluding hydrogens is 263 g/mol. The number of hydrogen-bond acceptors (Lipinski definition) is 3. The molecule has 1 aromatic carbocycles. The molecule has 1 N–H and O–H groups in total. The first-order chi connectivity index (χ1) is 6.48. The Labute approximate surface area is 96.9 Å². The largest absolute Gasteiger partial charge is 0.379 e. The molecule has 5 nitrogen and oxygen atoms in total. The van der Waals surface area contributed by atoms with Gasteiger partial charge in [0, 0.05) is 5.39 Å². The zero-order valence-electron chi connectivity index (χ0n) is 7.16. The summed E-state index contributed by atoms with van der Waals surface area (Å²) in [4.78, 5) is 0. The van der Waals surface area contributed by atoms with Gasteiger partial charge in [0.2, 0.25) is 0 Å². The van der Waals surface area contributed by atoms with E-state index in [9.17, 15) is 8.42 Å². The van der Waals surface area contributed by atoms with E-state index < -0.39 is 10.3 Å². The second kappa shape index (κ2) is 3.97. The van der Waals surface area contributed by atoms with Crippen molar-refractivity contribution in [2.45, 2.75) is 0 Å². The minimum absolute atomic E-state index is 0. The molecule has 82 valence electrons. The lowest BCUT2D eigenvalue weighted by molar-refractivity contribution is 0.466. The average Bonchev–Trinajstić information content (AvgIpc) is 2.48. The van der Waals surface area contributed by atoms with E-state index in [-0.39, 0.29) is 12.4 Å². The number of hydrogen-bond donors (Lipinski definition) is 1. The lowest BCUT2D eigenvalue weighted by atomic mass is 10.3. The molecule has 8 heteroatoms. The lowest BCUT2D eigenvalue weighted by Crippen LogP contribution is -2.10. The summed E-state index contributed by atoms with van der Waals surface area (Å²) in [5, 5.41) is 4.50. The van der Waals surface area contributed by atoms with E-state index in [0.29, 0.717) is 20.0 Å². The van der Waals surface area contributed by atoms with Gasteiger partial charge < -0.3 is 0 Å². The molecule has 0 aliphatic rings. The number of halogens is 2. The third-order valence-corrected chi connectivity index (χ3v) is 2.70. The second-order valence-corrected chi connectivity index (χ2v) is 4.33. The maximum absolute atomic E-state index is 10.7. The van der Waals surface area contributed by atoms with Gasteiger partial charge in [-0.3, -0.25) is 4.55 Å². The maximum atomic E-state index is 10.7. The van der Waals surface area contributed by atoms with Crippen molar-refractivity contribution in [2.75, 3.05) is 0 Å². The molecule has 15 heavy (non-hydrogen) atoms. The summed E-state index contributed by atoms with van der Waals surface area (Å²) in [5.41, 5.74) is 0.412. The van der Waals surface area contributed by atoms with Crippen LogP contribution in [0.25, 0.3) is 10.9 Å². The van der Waals surface area contributed by atoms with Crippen LogP contribution in [0.4, 0.5) is 0 Å². The van der Waals surface area contributed by atoms with Crippen LogP contribution in [-0.2, 0) is 10.3 Å². The van der Waals surface area contributed by atoms with E-state index in [1.54, 1.807) is 18.2 Å². The molecule has 1 heterocycles. The molecule has 0 atom stereocenters. The molecule has 0 fully saturated rings. The first-order valence-corrected chi connectivity index (χ1v) is 5.38. The van der Waals surface area contributed by atoms with E-state index in [4.69, 9.17) is 16.2 Å². The molecule has 1 aromatic heterocycles. The fourth-order valence-corrected chi connectivity index (χ4v) is 1.75. The fourth-order valence-electron chi connectivity index (χ4n) is 1.10. The van der Waals surface area contributed by atoms with E-state index in [1.807, 2.05) is 0 Å². The summed E-state index contributed by atoms with van der Waals surface area (Å²) in [6, 6.07) is 4.86. The highest BCUT2D eigenvalue weighted by Gasteiger charge is 2.11. The van der Waals surface area contributed by atoms with Gasteiger partial charge >= 0.3 is 10.3 Å². The van der Waals surface area contributed by atoms with Gasteiger partial charge in [-0.05, 0) is 12.1 Å². The van der Waals surface area contributed by atoms with Crippen molar-refractivity contribution < 1.29 is 13.0 Å². The first kappa shape index (κ1) is 12.3. The number of fused-ring (bicyclic) bond motifs is 1. The van der Waals surface area contributed by atoms with E-state index in [0.717, 1.165) is 6.20 Å². The Morgan fingerprint density at radius 3 is 2.60 bits per heavy atom. The van der Waals surface area contributed by atoms with Crippen LogP contribution in [0.2, 0.25) is 5.02 Å².